The maximum absolute atomic E-state index is 12.9. The topological polar surface area (TPSA) is 54.0 Å². The number of carbonyl (C=O) groups is 1. The number of hydrogen-bond acceptors (Lipinski definition) is 3. The quantitative estimate of drug-likeness (QED) is 0.551. The Morgan fingerprint density at radius 3 is 1.84 bits per heavy atom. The zero-order chi connectivity index (χ0) is 22.8. The normalized spacial score (nSPS) is 19.7. The Morgan fingerprint density at radius 2 is 1.35 bits per heavy atom. The highest BCUT2D eigenvalue weighted by atomic mass is 35.5. The van der Waals surface area contributed by atoms with Crippen LogP contribution in [0.1, 0.15) is 47.4 Å². The molecule has 0 bridgehead atoms. The summed E-state index contributed by atoms with van der Waals surface area (Å²) in [5.74, 6) is -0.271. The van der Waals surface area contributed by atoms with E-state index in [0.717, 1.165) is 0 Å². The third-order valence-corrected chi connectivity index (χ3v) is 5.20. The summed E-state index contributed by atoms with van der Waals surface area (Å²) in [7, 11) is 0. The van der Waals surface area contributed by atoms with Crippen LogP contribution in [0.3, 0.4) is 0 Å². The number of halogens is 7. The van der Waals surface area contributed by atoms with Crippen LogP contribution >= 0.6 is 11.6 Å². The Balaban J connectivity index is 1.61. The number of benzene rings is 1. The summed E-state index contributed by atoms with van der Waals surface area (Å²) in [5.41, 5.74) is -3.05. The zero-order valence-corrected chi connectivity index (χ0v) is 16.7. The molecule has 0 unspecified atom stereocenters. The van der Waals surface area contributed by atoms with Gasteiger partial charge in [0.2, 0.25) is 0 Å². The van der Waals surface area contributed by atoms with E-state index >= 15 is 0 Å². The summed E-state index contributed by atoms with van der Waals surface area (Å²) in [5, 5.41) is 6.13. The van der Waals surface area contributed by atoms with E-state index in [1.807, 2.05) is 0 Å². The predicted octanol–water partition coefficient (Wildman–Crippen LogP) is 5.93. The summed E-state index contributed by atoms with van der Waals surface area (Å²) < 4.78 is 77.7. The molecule has 0 atom stereocenters. The number of carbonyl (C=O) groups excluding carboxylic acids is 1. The third-order valence-electron chi connectivity index (χ3n) is 4.95. The molecule has 1 heterocycles. The van der Waals surface area contributed by atoms with Crippen molar-refractivity contribution in [2.24, 2.45) is 0 Å². The fourth-order valence-corrected chi connectivity index (χ4v) is 3.52. The van der Waals surface area contributed by atoms with E-state index in [0.29, 0.717) is 48.4 Å². The van der Waals surface area contributed by atoms with Gasteiger partial charge in [-0.05, 0) is 62.1 Å². The molecule has 0 aliphatic heterocycles. The van der Waals surface area contributed by atoms with Gasteiger partial charge in [0.05, 0.1) is 0 Å². The second-order valence-electron chi connectivity index (χ2n) is 7.30. The van der Waals surface area contributed by atoms with Gasteiger partial charge in [-0.2, -0.15) is 26.3 Å². The van der Waals surface area contributed by atoms with Crippen molar-refractivity contribution in [2.45, 2.75) is 50.1 Å². The summed E-state index contributed by atoms with van der Waals surface area (Å²) >= 11 is 5.79. The summed E-state index contributed by atoms with van der Waals surface area (Å²) in [4.78, 5) is 15.0. The fourth-order valence-electron chi connectivity index (χ4n) is 3.39. The number of nitrogens with one attached hydrogen (secondary N) is 2. The molecule has 0 spiro atoms. The standard InChI is InChI=1S/C20H18ClF6N3O/c21-12-3-1-11(2-4-12)18(31)29-14-7-5-13(6-8-14)28-15-9-16(19(22,23)24)30-17(10-15)20(25,26)27/h1-4,9-10,13-14H,5-8H2,(H,28,30)(H,29,31). The summed E-state index contributed by atoms with van der Waals surface area (Å²) in [6.07, 6.45) is -8.00. The van der Waals surface area contributed by atoms with Crippen molar-refractivity contribution in [3.05, 3.63) is 58.4 Å². The van der Waals surface area contributed by atoms with E-state index in [9.17, 15) is 31.1 Å². The first-order chi connectivity index (χ1) is 14.4. The van der Waals surface area contributed by atoms with E-state index < -0.39 is 23.7 Å². The van der Waals surface area contributed by atoms with Crippen molar-refractivity contribution in [1.29, 1.82) is 0 Å². The van der Waals surface area contributed by atoms with Gasteiger partial charge in [0, 0.05) is 28.4 Å². The minimum Gasteiger partial charge on any atom is -0.382 e. The lowest BCUT2D eigenvalue weighted by Gasteiger charge is -2.30. The second kappa shape index (κ2) is 8.94. The van der Waals surface area contributed by atoms with Crippen LogP contribution in [0.5, 0.6) is 0 Å². The van der Waals surface area contributed by atoms with Gasteiger partial charge in [0.25, 0.3) is 5.91 Å². The van der Waals surface area contributed by atoms with Gasteiger partial charge in [-0.25, -0.2) is 4.98 Å². The van der Waals surface area contributed by atoms with Crippen LogP contribution in [-0.4, -0.2) is 23.0 Å². The van der Waals surface area contributed by atoms with E-state index in [1.165, 1.54) is 0 Å². The Bertz CT molecular complexity index is 890. The average Bonchev–Trinajstić information content (AvgIpc) is 2.68. The third kappa shape index (κ3) is 6.25. The lowest BCUT2D eigenvalue weighted by Crippen LogP contribution is -2.40. The van der Waals surface area contributed by atoms with Gasteiger partial charge in [0.1, 0.15) is 11.4 Å². The molecule has 4 nitrogen and oxygen atoms in total. The second-order valence-corrected chi connectivity index (χ2v) is 7.73. The number of alkyl halides is 6. The molecule has 1 aliphatic carbocycles. The van der Waals surface area contributed by atoms with Crippen molar-refractivity contribution in [3.8, 4) is 0 Å². The maximum atomic E-state index is 12.9. The minimum atomic E-state index is -5.00. The van der Waals surface area contributed by atoms with Crippen molar-refractivity contribution < 1.29 is 31.1 Å². The zero-order valence-electron chi connectivity index (χ0n) is 15.9. The molecule has 1 fully saturated rings. The van der Waals surface area contributed by atoms with Crippen molar-refractivity contribution in [2.75, 3.05) is 5.32 Å². The average molecular weight is 466 g/mol. The molecule has 1 amide bonds. The van der Waals surface area contributed by atoms with Gasteiger partial charge in [-0.15, -0.1) is 0 Å². The van der Waals surface area contributed by atoms with Crippen LogP contribution < -0.4 is 10.6 Å². The number of nitrogens with zero attached hydrogens (tertiary/aromatic N) is 1. The van der Waals surface area contributed by atoms with Crippen LogP contribution in [-0.2, 0) is 12.4 Å². The molecule has 0 radical (unpaired) electrons. The molecule has 2 N–H and O–H groups in total. The fraction of sp³-hybridized carbons (Fsp3) is 0.400. The summed E-state index contributed by atoms with van der Waals surface area (Å²) in [6, 6.07) is 7.04. The Morgan fingerprint density at radius 1 is 0.871 bits per heavy atom. The van der Waals surface area contributed by atoms with Gasteiger partial charge in [-0.1, -0.05) is 11.6 Å². The van der Waals surface area contributed by atoms with Crippen LogP contribution in [0.4, 0.5) is 32.0 Å². The van der Waals surface area contributed by atoms with E-state index in [2.05, 4.69) is 15.6 Å². The molecular weight excluding hydrogens is 448 g/mol. The molecule has 31 heavy (non-hydrogen) atoms. The molecule has 168 valence electrons. The van der Waals surface area contributed by atoms with Gasteiger partial charge >= 0.3 is 12.4 Å². The van der Waals surface area contributed by atoms with E-state index in [4.69, 9.17) is 11.6 Å². The summed E-state index contributed by atoms with van der Waals surface area (Å²) in [6.45, 7) is 0. The lowest BCUT2D eigenvalue weighted by molar-refractivity contribution is -0.150. The number of amides is 1. The van der Waals surface area contributed by atoms with E-state index in [-0.39, 0.29) is 23.7 Å². The number of pyridine rings is 1. The van der Waals surface area contributed by atoms with Crippen molar-refractivity contribution in [3.63, 3.8) is 0 Å². The van der Waals surface area contributed by atoms with Crippen LogP contribution in [0.25, 0.3) is 0 Å². The first kappa shape index (κ1) is 23.2. The minimum absolute atomic E-state index is 0.143. The predicted molar refractivity (Wildman–Crippen MR) is 103 cm³/mol. The maximum Gasteiger partial charge on any atom is 0.433 e. The highest BCUT2D eigenvalue weighted by Crippen LogP contribution is 2.35. The molecule has 11 heteroatoms. The number of aromatic nitrogens is 1. The molecular formula is C20H18ClF6N3O. The molecule has 0 saturated heterocycles. The number of hydrogen-bond donors (Lipinski definition) is 2. The van der Waals surface area contributed by atoms with Crippen LogP contribution in [0.15, 0.2) is 36.4 Å². The largest absolute Gasteiger partial charge is 0.433 e. The molecule has 3 rings (SSSR count). The Hall–Kier alpha value is -2.49. The van der Waals surface area contributed by atoms with E-state index in [1.54, 1.807) is 24.3 Å². The Labute approximate surface area is 179 Å². The first-order valence-electron chi connectivity index (χ1n) is 9.41. The smallest absolute Gasteiger partial charge is 0.382 e. The molecule has 1 aromatic heterocycles. The van der Waals surface area contributed by atoms with Gasteiger partial charge in [0.15, 0.2) is 0 Å². The molecule has 1 aromatic carbocycles. The lowest BCUT2D eigenvalue weighted by atomic mass is 9.90. The Kier molecular flexibility index (Phi) is 6.68. The van der Waals surface area contributed by atoms with Gasteiger partial charge < -0.3 is 10.6 Å². The van der Waals surface area contributed by atoms with Crippen molar-refractivity contribution in [1.82, 2.24) is 10.3 Å². The molecule has 2 aromatic rings. The number of anilines is 1. The van der Waals surface area contributed by atoms with Crippen LogP contribution in [0.2, 0.25) is 5.02 Å². The number of rotatable bonds is 4. The van der Waals surface area contributed by atoms with Crippen LogP contribution in [0, 0.1) is 0 Å². The highest BCUT2D eigenvalue weighted by Gasteiger charge is 2.39. The first-order valence-corrected chi connectivity index (χ1v) is 9.79. The highest BCUT2D eigenvalue weighted by molar-refractivity contribution is 6.30. The SMILES string of the molecule is O=C(NC1CCC(Nc2cc(C(F)(F)F)nc(C(F)(F)F)c2)CC1)c1ccc(Cl)cc1. The monoisotopic (exact) mass is 465 g/mol. The molecule has 1 saturated carbocycles. The van der Waals surface area contributed by atoms with Crippen molar-refractivity contribution >= 4 is 23.2 Å². The molecule has 1 aliphatic rings. The van der Waals surface area contributed by atoms with Gasteiger partial charge in [-0.3, -0.25) is 4.79 Å².